The molecule has 176 valence electrons. The van der Waals surface area contributed by atoms with Crippen molar-refractivity contribution in [1.29, 1.82) is 0 Å². The normalized spacial score (nSPS) is 10.7. The van der Waals surface area contributed by atoms with Gasteiger partial charge in [-0.2, -0.15) is 0 Å². The standard InChI is InChI=1S/2C15H10O3/c16-11-5-3-4-10(8-11)15-9-13(17)12-6-1-2-7-14(12)18-15;16-13-11-8-4-5-9-12(11)18-15(14(13)17)10-6-2-1-3-7-10/h1-9,16H;1-9,17H. The average molecular weight is 476 g/mol. The Morgan fingerprint density at radius 3 is 1.89 bits per heavy atom. The number of benzene rings is 4. The fourth-order valence-corrected chi connectivity index (χ4v) is 3.82. The molecule has 2 heterocycles. The first kappa shape index (κ1) is 22.7. The summed E-state index contributed by atoms with van der Waals surface area (Å²) in [7, 11) is 0. The number of phenols is 1. The highest BCUT2D eigenvalue weighted by atomic mass is 16.4. The van der Waals surface area contributed by atoms with Gasteiger partial charge in [-0.3, -0.25) is 9.59 Å². The van der Waals surface area contributed by atoms with Crippen molar-refractivity contribution < 1.29 is 19.0 Å². The Labute approximate surface area is 204 Å². The SMILES string of the molecule is O=c1c(O)c(-c2ccccc2)oc2ccccc12.O=c1cc(-c2cccc(O)c2)oc2ccccc12. The third-order valence-corrected chi connectivity index (χ3v) is 5.58. The van der Waals surface area contributed by atoms with Crippen LogP contribution in [0.15, 0.2) is 128 Å². The topological polar surface area (TPSA) is 101 Å². The highest BCUT2D eigenvalue weighted by molar-refractivity contribution is 5.81. The number of hydrogen-bond donors (Lipinski definition) is 2. The molecule has 0 saturated heterocycles. The molecule has 2 aromatic heterocycles. The van der Waals surface area contributed by atoms with E-state index in [0.717, 1.165) is 0 Å². The van der Waals surface area contributed by atoms with E-state index in [9.17, 15) is 19.8 Å². The van der Waals surface area contributed by atoms with Crippen LogP contribution in [0.25, 0.3) is 44.6 Å². The molecule has 4 aromatic carbocycles. The number of hydrogen-bond acceptors (Lipinski definition) is 6. The maximum Gasteiger partial charge on any atom is 0.235 e. The van der Waals surface area contributed by atoms with Gasteiger partial charge in [0.1, 0.15) is 22.7 Å². The lowest BCUT2D eigenvalue weighted by atomic mass is 10.1. The van der Waals surface area contributed by atoms with Crippen molar-refractivity contribution >= 4 is 21.9 Å². The van der Waals surface area contributed by atoms with E-state index in [1.54, 1.807) is 78.9 Å². The minimum atomic E-state index is -0.407. The van der Waals surface area contributed by atoms with Crippen LogP contribution in [0, 0.1) is 0 Å². The second-order valence-corrected chi connectivity index (χ2v) is 7.99. The van der Waals surface area contributed by atoms with Crippen LogP contribution in [-0.4, -0.2) is 10.2 Å². The molecule has 6 nitrogen and oxygen atoms in total. The molecule has 0 fully saturated rings. The van der Waals surface area contributed by atoms with Gasteiger partial charge in [-0.1, -0.05) is 66.7 Å². The molecule has 0 aliphatic rings. The van der Waals surface area contributed by atoms with Gasteiger partial charge in [-0.15, -0.1) is 0 Å². The number of phenolic OH excluding ortho intramolecular Hbond substituents is 1. The second-order valence-electron chi connectivity index (χ2n) is 7.99. The summed E-state index contributed by atoms with van der Waals surface area (Å²) in [4.78, 5) is 23.9. The molecule has 6 rings (SSSR count). The Kier molecular flexibility index (Phi) is 6.07. The van der Waals surface area contributed by atoms with E-state index in [4.69, 9.17) is 8.83 Å². The highest BCUT2D eigenvalue weighted by Gasteiger charge is 2.14. The number of fused-ring (bicyclic) bond motifs is 2. The van der Waals surface area contributed by atoms with Gasteiger partial charge in [0.05, 0.1) is 10.8 Å². The summed E-state index contributed by atoms with van der Waals surface area (Å²) in [6.07, 6.45) is 0. The first-order chi connectivity index (χ1) is 17.5. The number of rotatable bonds is 2. The van der Waals surface area contributed by atoms with Crippen molar-refractivity contribution in [3.05, 3.63) is 130 Å². The lowest BCUT2D eigenvalue weighted by Gasteiger charge is -2.05. The van der Waals surface area contributed by atoms with E-state index >= 15 is 0 Å². The van der Waals surface area contributed by atoms with Gasteiger partial charge in [-0.05, 0) is 36.4 Å². The van der Waals surface area contributed by atoms with Gasteiger partial charge < -0.3 is 19.0 Å². The molecule has 0 unspecified atom stereocenters. The Balaban J connectivity index is 0.000000148. The van der Waals surface area contributed by atoms with Crippen LogP contribution >= 0.6 is 0 Å². The Morgan fingerprint density at radius 1 is 0.556 bits per heavy atom. The van der Waals surface area contributed by atoms with Gasteiger partial charge in [0.2, 0.25) is 11.2 Å². The summed E-state index contributed by atoms with van der Waals surface area (Å²) in [5.41, 5.74) is 1.88. The molecule has 0 atom stereocenters. The quantitative estimate of drug-likeness (QED) is 0.303. The van der Waals surface area contributed by atoms with E-state index in [1.807, 2.05) is 24.3 Å². The van der Waals surface area contributed by atoms with Crippen LogP contribution in [-0.2, 0) is 0 Å². The number of aromatic hydroxyl groups is 2. The molecule has 0 aliphatic heterocycles. The predicted molar refractivity (Wildman–Crippen MR) is 139 cm³/mol. The zero-order chi connectivity index (χ0) is 25.1. The molecular formula is C30H20O6. The smallest absolute Gasteiger partial charge is 0.235 e. The van der Waals surface area contributed by atoms with Crippen molar-refractivity contribution in [3.8, 4) is 34.1 Å². The van der Waals surface area contributed by atoms with Crippen LogP contribution in [0.2, 0.25) is 0 Å². The van der Waals surface area contributed by atoms with E-state index in [1.165, 1.54) is 6.07 Å². The van der Waals surface area contributed by atoms with Crippen molar-refractivity contribution in [2.24, 2.45) is 0 Å². The lowest BCUT2D eigenvalue weighted by molar-refractivity contribution is 0.449. The van der Waals surface area contributed by atoms with Gasteiger partial charge in [-0.25, -0.2) is 0 Å². The average Bonchev–Trinajstić information content (AvgIpc) is 2.91. The molecule has 36 heavy (non-hydrogen) atoms. The molecular weight excluding hydrogens is 456 g/mol. The summed E-state index contributed by atoms with van der Waals surface area (Å²) in [5, 5.41) is 20.3. The second kappa shape index (κ2) is 9.64. The molecule has 0 spiro atoms. The maximum absolute atomic E-state index is 12.0. The van der Waals surface area contributed by atoms with Crippen molar-refractivity contribution in [1.82, 2.24) is 0 Å². The Bertz CT molecular complexity index is 1800. The summed E-state index contributed by atoms with van der Waals surface area (Å²) in [6.45, 7) is 0. The van der Waals surface area contributed by atoms with Gasteiger partial charge >= 0.3 is 0 Å². The van der Waals surface area contributed by atoms with Crippen LogP contribution in [0.1, 0.15) is 0 Å². The van der Waals surface area contributed by atoms with E-state index in [0.29, 0.717) is 38.8 Å². The highest BCUT2D eigenvalue weighted by Crippen LogP contribution is 2.29. The summed E-state index contributed by atoms with van der Waals surface area (Å²) < 4.78 is 11.3. The number of para-hydroxylation sites is 2. The zero-order valence-electron chi connectivity index (χ0n) is 18.9. The molecule has 6 heteroatoms. The summed E-state index contributed by atoms with van der Waals surface area (Å²) in [6, 6.07) is 31.1. The zero-order valence-corrected chi connectivity index (χ0v) is 18.9. The molecule has 2 N–H and O–H groups in total. The minimum absolute atomic E-state index is 0.0878. The Hall–Kier alpha value is -5.10. The molecule has 0 saturated carbocycles. The van der Waals surface area contributed by atoms with Gasteiger partial charge in [0, 0.05) is 17.2 Å². The first-order valence-corrected chi connectivity index (χ1v) is 11.1. The van der Waals surface area contributed by atoms with E-state index < -0.39 is 5.43 Å². The van der Waals surface area contributed by atoms with Crippen molar-refractivity contribution in [3.63, 3.8) is 0 Å². The fraction of sp³-hybridized carbons (Fsp3) is 0. The van der Waals surface area contributed by atoms with Gasteiger partial charge in [0.25, 0.3) is 0 Å². The summed E-state index contributed by atoms with van der Waals surface area (Å²) in [5.74, 6) is 0.456. The molecule has 0 aliphatic carbocycles. The van der Waals surface area contributed by atoms with Crippen LogP contribution < -0.4 is 10.9 Å². The molecule has 0 bridgehead atoms. The third kappa shape index (κ3) is 4.48. The minimum Gasteiger partial charge on any atom is -0.508 e. The lowest BCUT2D eigenvalue weighted by Crippen LogP contribution is -2.02. The van der Waals surface area contributed by atoms with Crippen molar-refractivity contribution in [2.75, 3.05) is 0 Å². The Morgan fingerprint density at radius 2 is 1.17 bits per heavy atom. The molecule has 6 aromatic rings. The largest absolute Gasteiger partial charge is 0.508 e. The molecule has 0 amide bonds. The van der Waals surface area contributed by atoms with Crippen LogP contribution in [0.5, 0.6) is 11.5 Å². The third-order valence-electron chi connectivity index (χ3n) is 5.58. The van der Waals surface area contributed by atoms with Gasteiger partial charge in [0.15, 0.2) is 11.2 Å². The van der Waals surface area contributed by atoms with E-state index in [-0.39, 0.29) is 22.7 Å². The van der Waals surface area contributed by atoms with E-state index in [2.05, 4.69) is 0 Å². The monoisotopic (exact) mass is 476 g/mol. The molecule has 0 radical (unpaired) electrons. The maximum atomic E-state index is 12.0. The first-order valence-electron chi connectivity index (χ1n) is 11.1. The summed E-state index contributed by atoms with van der Waals surface area (Å²) >= 11 is 0. The predicted octanol–water partition coefficient (Wildman–Crippen LogP) is 6.33. The van der Waals surface area contributed by atoms with Crippen LogP contribution in [0.3, 0.4) is 0 Å². The fourth-order valence-electron chi connectivity index (χ4n) is 3.82. The van der Waals surface area contributed by atoms with Crippen molar-refractivity contribution in [2.45, 2.75) is 0 Å². The van der Waals surface area contributed by atoms with Crippen LogP contribution in [0.4, 0.5) is 0 Å².